The molecule has 0 spiro atoms. The zero-order valence-corrected chi connectivity index (χ0v) is 14.3. The Morgan fingerprint density at radius 1 is 1.24 bits per heavy atom. The van der Waals surface area contributed by atoms with Gasteiger partial charge in [-0.15, -0.1) is 0 Å². The SMILES string of the molecule is C[C@@H](O)[C@@H](COP(=O)(O)OP(=O)(O)O)OC(O)n1ccc(=O)[nH]c1=O. The molecule has 2 unspecified atom stereocenters. The smallest absolute Gasteiger partial charge is 0.391 e. The molecule has 16 heteroatoms. The van der Waals surface area contributed by atoms with Gasteiger partial charge in [-0.05, 0) is 6.92 Å². The summed E-state index contributed by atoms with van der Waals surface area (Å²) in [5, 5.41) is 19.3. The first-order valence-corrected chi connectivity index (χ1v) is 9.40. The molecule has 144 valence electrons. The van der Waals surface area contributed by atoms with Crippen molar-refractivity contribution < 1.29 is 47.6 Å². The lowest BCUT2D eigenvalue weighted by atomic mass is 10.2. The number of aliphatic hydroxyl groups is 2. The molecule has 0 aromatic carbocycles. The zero-order chi connectivity index (χ0) is 19.4. The quantitative estimate of drug-likeness (QED) is 0.193. The van der Waals surface area contributed by atoms with Gasteiger partial charge in [-0.2, -0.15) is 4.31 Å². The van der Waals surface area contributed by atoms with Crippen LogP contribution in [-0.2, 0) is 22.7 Å². The Morgan fingerprint density at radius 3 is 2.32 bits per heavy atom. The Morgan fingerprint density at radius 2 is 1.84 bits per heavy atom. The maximum Gasteiger partial charge on any atom is 0.481 e. The standard InChI is InChI=1S/C9H16N2O12P2/c1-5(12)6(4-21-25(19,20)23-24(16,17)18)22-9(15)11-3-2-7(13)10-8(11)14/h2-3,5-6,9,12,15H,4H2,1H3,(H,19,20)(H,10,13,14)(H2,16,17,18)/t5-,6-,9?/m1/s1. The maximum absolute atomic E-state index is 11.5. The Kier molecular flexibility index (Phi) is 7.40. The van der Waals surface area contributed by atoms with E-state index in [4.69, 9.17) is 19.4 Å². The largest absolute Gasteiger partial charge is 0.481 e. The highest BCUT2D eigenvalue weighted by Crippen LogP contribution is 2.57. The molecular weight excluding hydrogens is 390 g/mol. The lowest BCUT2D eigenvalue weighted by Gasteiger charge is -2.25. The van der Waals surface area contributed by atoms with E-state index >= 15 is 0 Å². The number of nitrogens with zero attached hydrogens (tertiary/aromatic N) is 1. The molecule has 25 heavy (non-hydrogen) atoms. The minimum atomic E-state index is -5.33. The zero-order valence-electron chi connectivity index (χ0n) is 12.5. The minimum absolute atomic E-state index is 0.529. The molecule has 0 saturated heterocycles. The number of hydrogen-bond donors (Lipinski definition) is 6. The van der Waals surface area contributed by atoms with E-state index in [2.05, 4.69) is 8.83 Å². The van der Waals surface area contributed by atoms with E-state index in [1.165, 1.54) is 0 Å². The molecule has 6 N–H and O–H groups in total. The molecule has 0 saturated carbocycles. The number of phosphoric ester groups is 1. The van der Waals surface area contributed by atoms with Crippen molar-refractivity contribution in [3.63, 3.8) is 0 Å². The Bertz CT molecular complexity index is 781. The minimum Gasteiger partial charge on any atom is -0.391 e. The van der Waals surface area contributed by atoms with E-state index in [9.17, 15) is 28.9 Å². The van der Waals surface area contributed by atoms with Crippen LogP contribution in [-0.4, -0.2) is 53.3 Å². The third-order valence-electron chi connectivity index (χ3n) is 2.54. The summed E-state index contributed by atoms with van der Waals surface area (Å²) >= 11 is 0. The molecule has 1 heterocycles. The number of aliphatic hydroxyl groups excluding tert-OH is 2. The number of rotatable bonds is 9. The first-order valence-electron chi connectivity index (χ1n) is 6.38. The highest BCUT2D eigenvalue weighted by atomic mass is 31.3. The number of H-pyrrole nitrogens is 1. The Hall–Kier alpha value is -1.18. The number of aromatic nitrogens is 2. The number of nitrogens with one attached hydrogen (secondary N) is 1. The lowest BCUT2D eigenvalue weighted by Crippen LogP contribution is -2.38. The molecule has 4 atom stereocenters. The van der Waals surface area contributed by atoms with E-state index in [0.717, 1.165) is 19.2 Å². The molecule has 0 fully saturated rings. The molecular formula is C9H16N2O12P2. The highest BCUT2D eigenvalue weighted by molar-refractivity contribution is 7.60. The van der Waals surface area contributed by atoms with Gasteiger partial charge in [-0.25, -0.2) is 13.9 Å². The second-order valence-corrected chi connectivity index (χ2v) is 7.43. The fourth-order valence-corrected chi connectivity index (χ4v) is 3.04. The third-order valence-corrected chi connectivity index (χ3v) is 4.69. The van der Waals surface area contributed by atoms with Crippen LogP contribution in [0, 0.1) is 0 Å². The molecule has 1 aromatic heterocycles. The van der Waals surface area contributed by atoms with Gasteiger partial charge in [-0.1, -0.05) is 0 Å². The maximum atomic E-state index is 11.5. The van der Waals surface area contributed by atoms with Gasteiger partial charge >= 0.3 is 21.3 Å². The van der Waals surface area contributed by atoms with Gasteiger partial charge in [0.25, 0.3) is 5.56 Å². The van der Waals surface area contributed by atoms with E-state index in [1.54, 1.807) is 0 Å². The average Bonchev–Trinajstić information content (AvgIpc) is 2.40. The van der Waals surface area contributed by atoms with Gasteiger partial charge in [0.05, 0.1) is 12.7 Å². The van der Waals surface area contributed by atoms with Crippen LogP contribution in [0.2, 0.25) is 0 Å². The molecule has 0 aliphatic carbocycles. The van der Waals surface area contributed by atoms with Crippen molar-refractivity contribution in [2.24, 2.45) is 0 Å². The van der Waals surface area contributed by atoms with Crippen LogP contribution in [0.25, 0.3) is 0 Å². The summed E-state index contributed by atoms with van der Waals surface area (Å²) in [7, 11) is -10.5. The molecule has 0 radical (unpaired) electrons. The van der Waals surface area contributed by atoms with Gasteiger partial charge in [0, 0.05) is 12.3 Å². The number of aromatic amines is 1. The molecule has 1 rings (SSSR count). The monoisotopic (exact) mass is 406 g/mol. The van der Waals surface area contributed by atoms with Crippen molar-refractivity contribution in [2.45, 2.75) is 25.5 Å². The van der Waals surface area contributed by atoms with Crippen molar-refractivity contribution in [1.82, 2.24) is 9.55 Å². The van der Waals surface area contributed by atoms with Crippen LogP contribution >= 0.6 is 15.6 Å². The van der Waals surface area contributed by atoms with Gasteiger partial charge in [-0.3, -0.25) is 18.9 Å². The first-order chi connectivity index (χ1) is 11.3. The van der Waals surface area contributed by atoms with E-state index in [1.807, 2.05) is 4.98 Å². The number of phosphoric acid groups is 2. The lowest BCUT2D eigenvalue weighted by molar-refractivity contribution is -0.212. The summed E-state index contributed by atoms with van der Waals surface area (Å²) in [5.74, 6) is 0. The summed E-state index contributed by atoms with van der Waals surface area (Å²) in [6.45, 7) is 0.198. The van der Waals surface area contributed by atoms with Crippen LogP contribution in [0.4, 0.5) is 0 Å². The summed E-state index contributed by atoms with van der Waals surface area (Å²) in [4.78, 5) is 50.3. The molecule has 0 aliphatic rings. The summed E-state index contributed by atoms with van der Waals surface area (Å²) < 4.78 is 35.1. The van der Waals surface area contributed by atoms with Gasteiger partial charge in [0.15, 0.2) is 0 Å². The van der Waals surface area contributed by atoms with Crippen LogP contribution < -0.4 is 11.2 Å². The van der Waals surface area contributed by atoms with Crippen molar-refractivity contribution in [1.29, 1.82) is 0 Å². The predicted molar refractivity (Wildman–Crippen MR) is 78.0 cm³/mol. The summed E-state index contributed by atoms with van der Waals surface area (Å²) in [6, 6.07) is 0.900. The molecule has 1 aromatic rings. The van der Waals surface area contributed by atoms with E-state index < -0.39 is 52.1 Å². The molecule has 0 aliphatic heterocycles. The van der Waals surface area contributed by atoms with Crippen LogP contribution in [0.5, 0.6) is 0 Å². The molecule has 0 bridgehead atoms. The van der Waals surface area contributed by atoms with E-state index in [-0.39, 0.29) is 0 Å². The fraction of sp³-hybridized carbons (Fsp3) is 0.556. The molecule has 0 amide bonds. The van der Waals surface area contributed by atoms with E-state index in [0.29, 0.717) is 4.57 Å². The normalized spacial score (nSPS) is 18.3. The Balaban J connectivity index is 2.80. The predicted octanol–water partition coefficient (Wildman–Crippen LogP) is -2.02. The van der Waals surface area contributed by atoms with Crippen LogP contribution in [0.3, 0.4) is 0 Å². The highest BCUT2D eigenvalue weighted by Gasteiger charge is 2.34. The van der Waals surface area contributed by atoms with Crippen molar-refractivity contribution in [3.05, 3.63) is 33.1 Å². The third kappa shape index (κ3) is 7.71. The number of hydrogen-bond acceptors (Lipinski definition) is 9. The average molecular weight is 406 g/mol. The fourth-order valence-electron chi connectivity index (χ4n) is 1.44. The Labute approximate surface area is 139 Å². The van der Waals surface area contributed by atoms with Crippen LogP contribution in [0.15, 0.2) is 21.9 Å². The summed E-state index contributed by atoms with van der Waals surface area (Å²) in [5.41, 5.74) is -1.78. The number of ether oxygens (including phenoxy) is 1. The van der Waals surface area contributed by atoms with Crippen molar-refractivity contribution in [3.8, 4) is 0 Å². The second-order valence-electron chi connectivity index (χ2n) is 4.60. The van der Waals surface area contributed by atoms with Crippen LogP contribution in [0.1, 0.15) is 13.3 Å². The van der Waals surface area contributed by atoms with Gasteiger partial charge in [0.2, 0.25) is 6.41 Å². The second kappa shape index (κ2) is 8.47. The van der Waals surface area contributed by atoms with Gasteiger partial charge in [0.1, 0.15) is 6.10 Å². The molecule has 14 nitrogen and oxygen atoms in total. The first kappa shape index (κ1) is 21.9. The van der Waals surface area contributed by atoms with Crippen molar-refractivity contribution in [2.75, 3.05) is 6.61 Å². The van der Waals surface area contributed by atoms with Crippen molar-refractivity contribution >= 4 is 15.6 Å². The topological polar surface area (TPSA) is 218 Å². The van der Waals surface area contributed by atoms with Gasteiger partial charge < -0.3 is 29.6 Å². The summed E-state index contributed by atoms with van der Waals surface area (Å²) in [6.07, 6.45) is -4.06.